The molecule has 2 N–H and O–H groups in total. The minimum atomic E-state index is -0.0299. The van der Waals surface area contributed by atoms with Crippen LogP contribution >= 0.6 is 0 Å². The van der Waals surface area contributed by atoms with Gasteiger partial charge < -0.3 is 19.9 Å². The first kappa shape index (κ1) is 14.1. The van der Waals surface area contributed by atoms with Gasteiger partial charge in [-0.2, -0.15) is 0 Å². The lowest BCUT2D eigenvalue weighted by molar-refractivity contribution is 0.196. The van der Waals surface area contributed by atoms with Crippen molar-refractivity contribution in [3.63, 3.8) is 0 Å². The van der Waals surface area contributed by atoms with Gasteiger partial charge in [-0.25, -0.2) is 0 Å². The van der Waals surface area contributed by atoms with Crippen molar-refractivity contribution in [2.75, 3.05) is 25.6 Å². The van der Waals surface area contributed by atoms with Gasteiger partial charge in [0.25, 0.3) is 0 Å². The first-order valence-electron chi connectivity index (χ1n) is 6.38. The molecule has 0 aliphatic heterocycles. The number of aliphatic hydroxyl groups is 1. The first-order chi connectivity index (χ1) is 9.83. The smallest absolute Gasteiger partial charge is 0.163 e. The van der Waals surface area contributed by atoms with Crippen LogP contribution in [0.4, 0.5) is 5.69 Å². The number of aromatic nitrogens is 1. The molecular weight excluding hydrogens is 256 g/mol. The molecule has 5 heteroatoms. The van der Waals surface area contributed by atoms with Gasteiger partial charge in [0.1, 0.15) is 6.61 Å². The molecule has 2 aromatic rings. The number of anilines is 1. The third-order valence-electron chi connectivity index (χ3n) is 2.76. The highest BCUT2D eigenvalue weighted by Crippen LogP contribution is 2.30. The van der Waals surface area contributed by atoms with Gasteiger partial charge in [0.05, 0.1) is 13.7 Å². The lowest BCUT2D eigenvalue weighted by atomic mass is 10.2. The summed E-state index contributed by atoms with van der Waals surface area (Å²) in [6.45, 7) is 0.913. The van der Waals surface area contributed by atoms with E-state index in [0.717, 1.165) is 11.3 Å². The Morgan fingerprint density at radius 3 is 2.65 bits per heavy atom. The SMILES string of the molecule is COc1ccc(NCc2ccncc2)cc1OCCO. The van der Waals surface area contributed by atoms with E-state index in [2.05, 4.69) is 10.3 Å². The van der Waals surface area contributed by atoms with Crippen LogP contribution in [0.25, 0.3) is 0 Å². The summed E-state index contributed by atoms with van der Waals surface area (Å²) in [6.07, 6.45) is 3.53. The third kappa shape index (κ3) is 3.86. The summed E-state index contributed by atoms with van der Waals surface area (Å²) in [4.78, 5) is 3.98. The molecule has 1 aromatic carbocycles. The Balaban J connectivity index is 2.04. The molecule has 0 amide bonds. The van der Waals surface area contributed by atoms with E-state index in [1.165, 1.54) is 0 Å². The van der Waals surface area contributed by atoms with Crippen molar-refractivity contribution >= 4 is 5.69 Å². The number of rotatable bonds is 7. The highest BCUT2D eigenvalue weighted by molar-refractivity contribution is 5.55. The molecule has 0 bridgehead atoms. The quantitative estimate of drug-likeness (QED) is 0.809. The molecule has 20 heavy (non-hydrogen) atoms. The van der Waals surface area contributed by atoms with E-state index < -0.39 is 0 Å². The lowest BCUT2D eigenvalue weighted by Gasteiger charge is -2.12. The predicted molar refractivity (Wildman–Crippen MR) is 77.1 cm³/mol. The standard InChI is InChI=1S/C15H18N2O3/c1-19-14-3-2-13(10-15(14)20-9-8-18)17-11-12-4-6-16-7-5-12/h2-7,10,17-18H,8-9,11H2,1H3. The van der Waals surface area contributed by atoms with Crippen molar-refractivity contribution < 1.29 is 14.6 Å². The first-order valence-corrected chi connectivity index (χ1v) is 6.38. The van der Waals surface area contributed by atoms with E-state index >= 15 is 0 Å². The van der Waals surface area contributed by atoms with Gasteiger partial charge in [-0.3, -0.25) is 4.98 Å². The molecule has 0 atom stereocenters. The van der Waals surface area contributed by atoms with Crippen molar-refractivity contribution in [2.45, 2.75) is 6.54 Å². The van der Waals surface area contributed by atoms with Gasteiger partial charge in [0.15, 0.2) is 11.5 Å². The van der Waals surface area contributed by atoms with Gasteiger partial charge in [-0.15, -0.1) is 0 Å². The van der Waals surface area contributed by atoms with Gasteiger partial charge in [0, 0.05) is 30.7 Å². The van der Waals surface area contributed by atoms with Gasteiger partial charge in [0.2, 0.25) is 0 Å². The van der Waals surface area contributed by atoms with E-state index in [-0.39, 0.29) is 13.2 Å². The summed E-state index contributed by atoms with van der Waals surface area (Å²) in [5.74, 6) is 1.26. The minimum absolute atomic E-state index is 0.0299. The van der Waals surface area contributed by atoms with E-state index in [1.807, 2.05) is 30.3 Å². The normalized spacial score (nSPS) is 10.1. The zero-order valence-corrected chi connectivity index (χ0v) is 11.4. The van der Waals surface area contributed by atoms with Crippen molar-refractivity contribution in [1.29, 1.82) is 0 Å². The number of pyridine rings is 1. The zero-order chi connectivity index (χ0) is 14.2. The number of nitrogens with zero attached hydrogens (tertiary/aromatic N) is 1. The Morgan fingerprint density at radius 1 is 1.15 bits per heavy atom. The number of hydrogen-bond donors (Lipinski definition) is 2. The average Bonchev–Trinajstić information content (AvgIpc) is 2.52. The molecule has 0 unspecified atom stereocenters. The second-order valence-electron chi connectivity index (χ2n) is 4.15. The van der Waals surface area contributed by atoms with Crippen molar-refractivity contribution in [1.82, 2.24) is 4.98 Å². The zero-order valence-electron chi connectivity index (χ0n) is 11.4. The predicted octanol–water partition coefficient (Wildman–Crippen LogP) is 2.07. The van der Waals surface area contributed by atoms with Crippen molar-refractivity contribution in [3.8, 4) is 11.5 Å². The molecule has 1 aromatic heterocycles. The second kappa shape index (κ2) is 7.35. The molecule has 0 saturated carbocycles. The van der Waals surface area contributed by atoms with E-state index in [9.17, 15) is 0 Å². The molecule has 0 radical (unpaired) electrons. The Kier molecular flexibility index (Phi) is 5.20. The van der Waals surface area contributed by atoms with Crippen LogP contribution in [0.3, 0.4) is 0 Å². The van der Waals surface area contributed by atoms with Crippen LogP contribution in [0.1, 0.15) is 5.56 Å². The highest BCUT2D eigenvalue weighted by Gasteiger charge is 2.05. The van der Waals surface area contributed by atoms with Gasteiger partial charge in [-0.05, 0) is 29.8 Å². The summed E-state index contributed by atoms with van der Waals surface area (Å²) < 4.78 is 10.7. The second-order valence-corrected chi connectivity index (χ2v) is 4.15. The van der Waals surface area contributed by atoms with Crippen LogP contribution in [0.5, 0.6) is 11.5 Å². The molecule has 1 heterocycles. The molecule has 0 spiro atoms. The van der Waals surface area contributed by atoms with Crippen molar-refractivity contribution in [2.24, 2.45) is 0 Å². The van der Waals surface area contributed by atoms with Crippen LogP contribution in [-0.4, -0.2) is 30.4 Å². The number of nitrogens with one attached hydrogen (secondary N) is 1. The summed E-state index contributed by atoms with van der Waals surface area (Å²) in [7, 11) is 1.59. The molecule has 0 aliphatic rings. The van der Waals surface area contributed by atoms with Crippen molar-refractivity contribution in [3.05, 3.63) is 48.3 Å². The maximum Gasteiger partial charge on any atom is 0.163 e. The average molecular weight is 274 g/mol. The number of benzene rings is 1. The Hall–Kier alpha value is -2.27. The fourth-order valence-corrected chi connectivity index (χ4v) is 1.76. The van der Waals surface area contributed by atoms with Crippen LogP contribution in [0, 0.1) is 0 Å². The van der Waals surface area contributed by atoms with Crippen LogP contribution in [0.15, 0.2) is 42.7 Å². The fourth-order valence-electron chi connectivity index (χ4n) is 1.76. The molecular formula is C15H18N2O3. The molecule has 0 fully saturated rings. The molecule has 0 saturated heterocycles. The number of methoxy groups -OCH3 is 1. The van der Waals surface area contributed by atoms with Crippen LogP contribution in [-0.2, 0) is 6.54 Å². The van der Waals surface area contributed by atoms with E-state index in [1.54, 1.807) is 19.5 Å². The maximum absolute atomic E-state index is 8.83. The summed E-state index contributed by atoms with van der Waals surface area (Å²) in [5.41, 5.74) is 2.07. The number of aliphatic hydroxyl groups excluding tert-OH is 1. The summed E-state index contributed by atoms with van der Waals surface area (Å²) in [6, 6.07) is 9.53. The number of ether oxygens (including phenoxy) is 2. The van der Waals surface area contributed by atoms with E-state index in [0.29, 0.717) is 18.0 Å². The minimum Gasteiger partial charge on any atom is -0.493 e. The van der Waals surface area contributed by atoms with Gasteiger partial charge >= 0.3 is 0 Å². The monoisotopic (exact) mass is 274 g/mol. The molecule has 5 nitrogen and oxygen atoms in total. The fraction of sp³-hybridized carbons (Fsp3) is 0.267. The van der Waals surface area contributed by atoms with Crippen LogP contribution in [0.2, 0.25) is 0 Å². The van der Waals surface area contributed by atoms with E-state index in [4.69, 9.17) is 14.6 Å². The highest BCUT2D eigenvalue weighted by atomic mass is 16.5. The van der Waals surface area contributed by atoms with Gasteiger partial charge in [-0.1, -0.05) is 0 Å². The van der Waals surface area contributed by atoms with Crippen LogP contribution < -0.4 is 14.8 Å². The molecule has 2 rings (SSSR count). The molecule has 106 valence electrons. The topological polar surface area (TPSA) is 63.6 Å². The Morgan fingerprint density at radius 2 is 1.95 bits per heavy atom. The lowest BCUT2D eigenvalue weighted by Crippen LogP contribution is -2.04. The third-order valence-corrected chi connectivity index (χ3v) is 2.76. The molecule has 0 aliphatic carbocycles. The number of hydrogen-bond acceptors (Lipinski definition) is 5. The maximum atomic E-state index is 8.83. The summed E-state index contributed by atoms with van der Waals surface area (Å²) >= 11 is 0. The Labute approximate surface area is 118 Å². The summed E-state index contributed by atoms with van der Waals surface area (Å²) in [5, 5.41) is 12.1. The Bertz CT molecular complexity index is 532. The largest absolute Gasteiger partial charge is 0.493 e.